The van der Waals surface area contributed by atoms with Gasteiger partial charge in [-0.15, -0.1) is 0 Å². The Bertz CT molecular complexity index is 245. The first-order valence-corrected chi connectivity index (χ1v) is 4.24. The van der Waals surface area contributed by atoms with E-state index in [1.54, 1.807) is 0 Å². The number of nitrogens with zero attached hydrogens (tertiary/aromatic N) is 3. The molecule has 0 aromatic carbocycles. The molecule has 0 amide bonds. The van der Waals surface area contributed by atoms with Crippen molar-refractivity contribution in [2.45, 2.75) is 33.7 Å². The Balaban J connectivity index is 4.31. The minimum Gasteiger partial charge on any atom is -0.291 e. The second-order valence-electron chi connectivity index (χ2n) is 4.08. The van der Waals surface area contributed by atoms with Gasteiger partial charge in [0.15, 0.2) is 5.92 Å². The van der Waals surface area contributed by atoms with E-state index in [0.717, 1.165) is 0 Å². The Labute approximate surface area is 79.7 Å². The standard InChI is InChI=1S/C10H15N3/c1-8(10(2,3)4)13-7-9(5-11)6-12/h7-9H,1-4H3/t8-/m1/s1. The van der Waals surface area contributed by atoms with E-state index in [1.807, 2.05) is 19.1 Å². The molecule has 13 heavy (non-hydrogen) atoms. The maximum Gasteiger partial charge on any atom is 0.167 e. The number of rotatable bonds is 2. The summed E-state index contributed by atoms with van der Waals surface area (Å²) in [5.74, 6) is -0.718. The van der Waals surface area contributed by atoms with E-state index in [0.29, 0.717) is 0 Å². The van der Waals surface area contributed by atoms with Gasteiger partial charge >= 0.3 is 0 Å². The molecule has 0 unspecified atom stereocenters. The van der Waals surface area contributed by atoms with Crippen molar-refractivity contribution >= 4 is 6.21 Å². The van der Waals surface area contributed by atoms with Crippen molar-refractivity contribution in [1.82, 2.24) is 0 Å². The van der Waals surface area contributed by atoms with E-state index >= 15 is 0 Å². The molecule has 0 rings (SSSR count). The van der Waals surface area contributed by atoms with Gasteiger partial charge in [0.25, 0.3) is 0 Å². The fourth-order valence-electron chi connectivity index (χ4n) is 0.534. The lowest BCUT2D eigenvalue weighted by Gasteiger charge is -2.23. The van der Waals surface area contributed by atoms with Crippen LogP contribution in [0.1, 0.15) is 27.7 Å². The number of aliphatic imine (C=N–C) groups is 1. The maximum absolute atomic E-state index is 8.48. The highest BCUT2D eigenvalue weighted by atomic mass is 14.8. The van der Waals surface area contributed by atoms with E-state index in [-0.39, 0.29) is 11.5 Å². The zero-order chi connectivity index (χ0) is 10.5. The third-order valence-corrected chi connectivity index (χ3v) is 1.99. The molecule has 1 atom stereocenters. The second-order valence-corrected chi connectivity index (χ2v) is 4.08. The van der Waals surface area contributed by atoms with E-state index < -0.39 is 5.92 Å². The van der Waals surface area contributed by atoms with Crippen LogP contribution in [-0.4, -0.2) is 12.3 Å². The molecule has 0 N–H and O–H groups in total. The molecule has 0 aliphatic heterocycles. The summed E-state index contributed by atoms with van der Waals surface area (Å²) >= 11 is 0. The minimum atomic E-state index is -0.718. The topological polar surface area (TPSA) is 59.9 Å². The van der Waals surface area contributed by atoms with Gasteiger partial charge in [-0.1, -0.05) is 20.8 Å². The lowest BCUT2D eigenvalue weighted by molar-refractivity contribution is 0.342. The molecule has 0 bridgehead atoms. The van der Waals surface area contributed by atoms with Gasteiger partial charge in [-0.05, 0) is 12.3 Å². The van der Waals surface area contributed by atoms with Crippen LogP contribution in [0.15, 0.2) is 4.99 Å². The fourth-order valence-corrected chi connectivity index (χ4v) is 0.534. The summed E-state index contributed by atoms with van der Waals surface area (Å²) in [5.41, 5.74) is 0.0754. The van der Waals surface area contributed by atoms with Crippen LogP contribution >= 0.6 is 0 Å². The predicted molar refractivity (Wildman–Crippen MR) is 52.1 cm³/mol. The molecule has 0 aliphatic carbocycles. The molecule has 0 radical (unpaired) electrons. The van der Waals surface area contributed by atoms with Gasteiger partial charge in [-0.2, -0.15) is 10.5 Å². The summed E-state index contributed by atoms with van der Waals surface area (Å²) in [6, 6.07) is 3.82. The monoisotopic (exact) mass is 177 g/mol. The quantitative estimate of drug-likeness (QED) is 0.607. The van der Waals surface area contributed by atoms with Crippen LogP contribution in [-0.2, 0) is 0 Å². The van der Waals surface area contributed by atoms with Crippen molar-refractivity contribution in [3.63, 3.8) is 0 Å². The Morgan fingerprint density at radius 3 is 2.00 bits per heavy atom. The fraction of sp³-hybridized carbons (Fsp3) is 0.700. The van der Waals surface area contributed by atoms with Crippen LogP contribution in [0, 0.1) is 34.0 Å². The molecule has 0 saturated carbocycles. The van der Waals surface area contributed by atoms with Gasteiger partial charge in [0.1, 0.15) is 0 Å². The number of nitriles is 2. The summed E-state index contributed by atoms with van der Waals surface area (Å²) in [4.78, 5) is 4.17. The van der Waals surface area contributed by atoms with Crippen LogP contribution in [0.2, 0.25) is 0 Å². The van der Waals surface area contributed by atoms with Crippen molar-refractivity contribution in [2.24, 2.45) is 16.3 Å². The lowest BCUT2D eigenvalue weighted by Crippen LogP contribution is -2.21. The highest BCUT2D eigenvalue weighted by molar-refractivity contribution is 5.67. The molecule has 0 aliphatic rings. The van der Waals surface area contributed by atoms with Crippen molar-refractivity contribution in [1.29, 1.82) is 10.5 Å². The van der Waals surface area contributed by atoms with Gasteiger partial charge < -0.3 is 0 Å². The molecule has 0 heterocycles. The maximum atomic E-state index is 8.48. The van der Waals surface area contributed by atoms with Gasteiger partial charge in [0.05, 0.1) is 18.2 Å². The Kier molecular flexibility index (Phi) is 4.14. The number of hydrogen-bond acceptors (Lipinski definition) is 3. The first-order valence-electron chi connectivity index (χ1n) is 4.24. The highest BCUT2D eigenvalue weighted by Gasteiger charge is 2.18. The van der Waals surface area contributed by atoms with Crippen molar-refractivity contribution in [2.75, 3.05) is 0 Å². The first kappa shape index (κ1) is 11.6. The minimum absolute atomic E-state index is 0.0754. The van der Waals surface area contributed by atoms with E-state index in [4.69, 9.17) is 10.5 Å². The molecule has 0 aromatic heterocycles. The van der Waals surface area contributed by atoms with Gasteiger partial charge in [0, 0.05) is 6.21 Å². The van der Waals surface area contributed by atoms with Crippen LogP contribution in [0.4, 0.5) is 0 Å². The van der Waals surface area contributed by atoms with Crippen molar-refractivity contribution in [3.05, 3.63) is 0 Å². The highest BCUT2D eigenvalue weighted by Crippen LogP contribution is 2.21. The molecule has 0 aromatic rings. The molecular formula is C10H15N3. The Morgan fingerprint density at radius 2 is 1.69 bits per heavy atom. The molecular weight excluding hydrogens is 162 g/mol. The third kappa shape index (κ3) is 4.28. The summed E-state index contributed by atoms with van der Waals surface area (Å²) < 4.78 is 0. The Morgan fingerprint density at radius 1 is 1.23 bits per heavy atom. The van der Waals surface area contributed by atoms with Gasteiger partial charge in [0.2, 0.25) is 0 Å². The van der Waals surface area contributed by atoms with Crippen LogP contribution in [0.5, 0.6) is 0 Å². The Hall–Kier alpha value is -1.35. The summed E-state index contributed by atoms with van der Waals surface area (Å²) in [5, 5.41) is 17.0. The summed E-state index contributed by atoms with van der Waals surface area (Å²) in [6.45, 7) is 8.19. The van der Waals surface area contributed by atoms with Crippen LogP contribution < -0.4 is 0 Å². The van der Waals surface area contributed by atoms with Crippen molar-refractivity contribution < 1.29 is 0 Å². The molecule has 70 valence electrons. The first-order chi connectivity index (χ1) is 5.91. The normalized spacial score (nSPS) is 14.1. The largest absolute Gasteiger partial charge is 0.291 e. The van der Waals surface area contributed by atoms with Gasteiger partial charge in [-0.25, -0.2) is 0 Å². The van der Waals surface area contributed by atoms with E-state index in [2.05, 4.69) is 25.8 Å². The molecule has 3 nitrogen and oxygen atoms in total. The average Bonchev–Trinajstić information content (AvgIpc) is 2.04. The summed E-state index contributed by atoms with van der Waals surface area (Å²) in [7, 11) is 0. The predicted octanol–water partition coefficient (Wildman–Crippen LogP) is 2.16. The molecule has 0 spiro atoms. The van der Waals surface area contributed by atoms with Crippen molar-refractivity contribution in [3.8, 4) is 12.1 Å². The third-order valence-electron chi connectivity index (χ3n) is 1.99. The summed E-state index contributed by atoms with van der Waals surface area (Å²) in [6.07, 6.45) is 1.43. The van der Waals surface area contributed by atoms with Crippen LogP contribution in [0.3, 0.4) is 0 Å². The second kappa shape index (κ2) is 4.62. The smallest absolute Gasteiger partial charge is 0.167 e. The zero-order valence-electron chi connectivity index (χ0n) is 8.57. The zero-order valence-corrected chi connectivity index (χ0v) is 8.57. The number of hydrogen-bond donors (Lipinski definition) is 0. The molecule has 0 saturated heterocycles. The van der Waals surface area contributed by atoms with Gasteiger partial charge in [-0.3, -0.25) is 4.99 Å². The van der Waals surface area contributed by atoms with Crippen LogP contribution in [0.25, 0.3) is 0 Å². The van der Waals surface area contributed by atoms with E-state index in [9.17, 15) is 0 Å². The average molecular weight is 177 g/mol. The SMILES string of the molecule is C[C@@H](N=CC(C#N)C#N)C(C)(C)C. The lowest BCUT2D eigenvalue weighted by atomic mass is 9.88. The molecule has 3 heteroatoms. The van der Waals surface area contributed by atoms with E-state index in [1.165, 1.54) is 6.21 Å². The molecule has 0 fully saturated rings.